The predicted octanol–water partition coefficient (Wildman–Crippen LogP) is 8.72. The van der Waals surface area contributed by atoms with Gasteiger partial charge in [0.2, 0.25) is 0 Å². The van der Waals surface area contributed by atoms with Gasteiger partial charge in [0.25, 0.3) is 0 Å². The van der Waals surface area contributed by atoms with Crippen LogP contribution in [0.1, 0.15) is 174 Å². The average Bonchev–Trinajstić information content (AvgIpc) is 3.17. The molecule has 0 aromatic carbocycles. The molecule has 0 saturated carbocycles. The number of carbonyl (C=O) groups excluding carboxylic acids is 2. The van der Waals surface area contributed by atoms with Gasteiger partial charge >= 0.3 is 11.9 Å². The molecule has 4 N–H and O–H groups in total. The maximum atomic E-state index is 12.7. The van der Waals surface area contributed by atoms with E-state index in [2.05, 4.69) is 50.3 Å². The second-order valence-corrected chi connectivity index (χ2v) is 14.8. The summed E-state index contributed by atoms with van der Waals surface area (Å²) < 4.78 is 22.1. The summed E-state index contributed by atoms with van der Waals surface area (Å²) in [7, 11) is 0. The van der Waals surface area contributed by atoms with E-state index < -0.39 is 49.4 Å². The largest absolute Gasteiger partial charge is 0.462 e. The lowest BCUT2D eigenvalue weighted by Gasteiger charge is -2.39. The highest BCUT2D eigenvalue weighted by atomic mass is 16.7. The molecule has 54 heavy (non-hydrogen) atoms. The summed E-state index contributed by atoms with van der Waals surface area (Å²) in [6.45, 7) is 3.34. The van der Waals surface area contributed by atoms with E-state index in [0.29, 0.717) is 12.8 Å². The van der Waals surface area contributed by atoms with E-state index in [-0.39, 0.29) is 32.0 Å². The topological polar surface area (TPSA) is 152 Å². The van der Waals surface area contributed by atoms with Crippen LogP contribution in [0, 0.1) is 0 Å². The maximum absolute atomic E-state index is 12.7. The number of aliphatic hydroxyl groups is 4. The van der Waals surface area contributed by atoms with E-state index in [4.69, 9.17) is 18.9 Å². The number of hydrogen-bond donors (Lipinski definition) is 4. The Morgan fingerprint density at radius 3 is 1.61 bits per heavy atom. The SMILES string of the molecule is CCCC/C=C\CCCCCCCC(=O)OCC(COC1OC(CO)C(O)C(O)C1O)OC(=O)CCCCCCCCC/C=C\C/C=C\CCCCCC. The molecule has 0 bridgehead atoms. The van der Waals surface area contributed by atoms with Gasteiger partial charge in [-0.2, -0.15) is 0 Å². The Labute approximate surface area is 327 Å². The summed E-state index contributed by atoms with van der Waals surface area (Å²) in [5.74, 6) is -0.828. The van der Waals surface area contributed by atoms with Crippen LogP contribution < -0.4 is 0 Å². The second kappa shape index (κ2) is 35.3. The number of carbonyl (C=O) groups is 2. The molecule has 1 fully saturated rings. The molecule has 1 aliphatic heterocycles. The van der Waals surface area contributed by atoms with Gasteiger partial charge in [-0.3, -0.25) is 9.59 Å². The molecule has 0 amide bonds. The van der Waals surface area contributed by atoms with Gasteiger partial charge < -0.3 is 39.4 Å². The lowest BCUT2D eigenvalue weighted by Crippen LogP contribution is -2.59. The minimum absolute atomic E-state index is 0.219. The molecule has 6 unspecified atom stereocenters. The summed E-state index contributed by atoms with van der Waals surface area (Å²) in [6, 6.07) is 0. The normalized spacial score (nSPS) is 21.0. The lowest BCUT2D eigenvalue weighted by molar-refractivity contribution is -0.305. The van der Waals surface area contributed by atoms with Gasteiger partial charge in [-0.15, -0.1) is 0 Å². The van der Waals surface area contributed by atoms with Crippen LogP contribution in [0.25, 0.3) is 0 Å². The highest BCUT2D eigenvalue weighted by molar-refractivity contribution is 5.70. The quantitative estimate of drug-likeness (QED) is 0.0280. The van der Waals surface area contributed by atoms with Gasteiger partial charge in [0, 0.05) is 12.8 Å². The van der Waals surface area contributed by atoms with Crippen molar-refractivity contribution < 1.29 is 49.0 Å². The standard InChI is InChI=1S/C44H78O10/c1-3-5-7-9-11-13-15-16-17-18-19-20-21-23-25-27-29-31-33-40(47)53-37(36-52-44-43(50)42(49)41(48)38(34-45)54-44)35-51-39(46)32-30-28-26-24-22-14-12-10-8-6-4-2/h10,12-13,15,17-18,37-38,41-45,48-50H,3-9,11,14,16,19-36H2,1-2H3/b12-10-,15-13-,18-17-. The summed E-state index contributed by atoms with van der Waals surface area (Å²) >= 11 is 0. The molecule has 1 heterocycles. The number of ether oxygens (including phenoxy) is 4. The van der Waals surface area contributed by atoms with Crippen molar-refractivity contribution in [1.82, 2.24) is 0 Å². The monoisotopic (exact) mass is 767 g/mol. The van der Waals surface area contributed by atoms with Crippen LogP contribution in [0.4, 0.5) is 0 Å². The molecule has 314 valence electrons. The Morgan fingerprint density at radius 1 is 0.574 bits per heavy atom. The molecule has 10 heteroatoms. The maximum Gasteiger partial charge on any atom is 0.306 e. The first kappa shape index (κ1) is 49.9. The first-order chi connectivity index (χ1) is 26.3. The van der Waals surface area contributed by atoms with Crippen molar-refractivity contribution in [2.75, 3.05) is 19.8 Å². The zero-order chi connectivity index (χ0) is 39.5. The van der Waals surface area contributed by atoms with Crippen molar-refractivity contribution in [2.45, 2.75) is 211 Å². The van der Waals surface area contributed by atoms with E-state index >= 15 is 0 Å². The third-order valence-electron chi connectivity index (χ3n) is 9.75. The zero-order valence-electron chi connectivity index (χ0n) is 34.0. The molecule has 1 aliphatic rings. The van der Waals surface area contributed by atoms with E-state index in [9.17, 15) is 30.0 Å². The van der Waals surface area contributed by atoms with Crippen molar-refractivity contribution in [2.24, 2.45) is 0 Å². The smallest absolute Gasteiger partial charge is 0.306 e. The van der Waals surface area contributed by atoms with Gasteiger partial charge in [0.05, 0.1) is 13.2 Å². The van der Waals surface area contributed by atoms with Crippen molar-refractivity contribution in [3.8, 4) is 0 Å². The Hall–Kier alpha value is -2.08. The van der Waals surface area contributed by atoms with Crippen LogP contribution in [-0.2, 0) is 28.5 Å². The molecule has 0 aromatic rings. The van der Waals surface area contributed by atoms with Gasteiger partial charge in [-0.25, -0.2) is 0 Å². The van der Waals surface area contributed by atoms with E-state index in [1.807, 2.05) is 0 Å². The van der Waals surface area contributed by atoms with E-state index in [0.717, 1.165) is 70.6 Å². The van der Waals surface area contributed by atoms with Gasteiger partial charge in [0.15, 0.2) is 12.4 Å². The average molecular weight is 767 g/mol. The molecule has 10 nitrogen and oxygen atoms in total. The van der Waals surface area contributed by atoms with Crippen LogP contribution in [0.2, 0.25) is 0 Å². The number of unbranched alkanes of at least 4 members (excludes halogenated alkanes) is 18. The molecule has 0 spiro atoms. The highest BCUT2D eigenvalue weighted by Crippen LogP contribution is 2.22. The molecule has 0 radical (unpaired) electrons. The minimum Gasteiger partial charge on any atom is -0.462 e. The van der Waals surface area contributed by atoms with Crippen LogP contribution in [-0.4, -0.2) is 89.0 Å². The first-order valence-corrected chi connectivity index (χ1v) is 21.6. The second-order valence-electron chi connectivity index (χ2n) is 14.8. The number of allylic oxidation sites excluding steroid dienone is 6. The Balaban J connectivity index is 2.35. The summed E-state index contributed by atoms with van der Waals surface area (Å²) in [5, 5.41) is 40.0. The zero-order valence-corrected chi connectivity index (χ0v) is 34.0. The molecule has 0 aliphatic carbocycles. The molecular weight excluding hydrogens is 688 g/mol. The fourth-order valence-electron chi connectivity index (χ4n) is 6.26. The van der Waals surface area contributed by atoms with Crippen molar-refractivity contribution in [1.29, 1.82) is 0 Å². The number of hydrogen-bond acceptors (Lipinski definition) is 10. The van der Waals surface area contributed by atoms with Crippen LogP contribution in [0.5, 0.6) is 0 Å². The minimum atomic E-state index is -1.60. The van der Waals surface area contributed by atoms with E-state index in [1.165, 1.54) is 64.2 Å². The first-order valence-electron chi connectivity index (χ1n) is 21.6. The Bertz CT molecular complexity index is 980. The molecule has 6 atom stereocenters. The molecular formula is C44H78O10. The van der Waals surface area contributed by atoms with Gasteiger partial charge in [-0.1, -0.05) is 134 Å². The van der Waals surface area contributed by atoms with Crippen molar-refractivity contribution >= 4 is 11.9 Å². The van der Waals surface area contributed by atoms with Gasteiger partial charge in [0.1, 0.15) is 31.0 Å². The fraction of sp³-hybridized carbons (Fsp3) is 0.818. The van der Waals surface area contributed by atoms with Gasteiger partial charge in [-0.05, 0) is 64.2 Å². The Kier molecular flexibility index (Phi) is 32.7. The molecule has 0 aromatic heterocycles. The number of esters is 2. The fourth-order valence-corrected chi connectivity index (χ4v) is 6.26. The lowest BCUT2D eigenvalue weighted by atomic mass is 9.99. The summed E-state index contributed by atoms with van der Waals surface area (Å²) in [4.78, 5) is 25.2. The Morgan fingerprint density at radius 2 is 1.06 bits per heavy atom. The van der Waals surface area contributed by atoms with Crippen LogP contribution in [0.15, 0.2) is 36.5 Å². The highest BCUT2D eigenvalue weighted by Gasteiger charge is 2.44. The third-order valence-corrected chi connectivity index (χ3v) is 9.75. The van der Waals surface area contributed by atoms with Crippen LogP contribution >= 0.6 is 0 Å². The third kappa shape index (κ3) is 26.7. The van der Waals surface area contributed by atoms with Crippen LogP contribution in [0.3, 0.4) is 0 Å². The molecule has 1 rings (SSSR count). The summed E-state index contributed by atoms with van der Waals surface area (Å²) in [6.07, 6.45) is 31.5. The van der Waals surface area contributed by atoms with E-state index in [1.54, 1.807) is 0 Å². The predicted molar refractivity (Wildman–Crippen MR) is 215 cm³/mol. The number of aliphatic hydroxyl groups excluding tert-OH is 4. The summed E-state index contributed by atoms with van der Waals surface area (Å²) in [5.41, 5.74) is 0. The van der Waals surface area contributed by atoms with Crippen molar-refractivity contribution in [3.05, 3.63) is 36.5 Å². The van der Waals surface area contributed by atoms with Crippen molar-refractivity contribution in [3.63, 3.8) is 0 Å². The number of rotatable bonds is 35. The molecule has 1 saturated heterocycles.